The summed E-state index contributed by atoms with van der Waals surface area (Å²) in [6.07, 6.45) is 5.19. The maximum Gasteiger partial charge on any atom is 0.427 e. The molecular weight excluding hydrogens is 156 g/mol. The molecule has 1 aromatic rings. The topological polar surface area (TPSA) is 41.2 Å². The molecular formula is C7H13N4O+. The molecule has 1 rings (SSSR count). The van der Waals surface area contributed by atoms with E-state index in [1.54, 1.807) is 42.4 Å². The third-order valence-electron chi connectivity index (χ3n) is 1.32. The molecule has 0 aromatic carbocycles. The quantitative estimate of drug-likeness (QED) is 0.448. The maximum atomic E-state index is 11.3. The molecule has 0 spiro atoms. The van der Waals surface area contributed by atoms with Crippen molar-refractivity contribution in [3.63, 3.8) is 0 Å². The second-order valence-electron chi connectivity index (χ2n) is 2.80. The molecule has 1 N–H and O–H groups in total. The first-order valence-corrected chi connectivity index (χ1v) is 3.61. The molecule has 0 aliphatic rings. The largest absolute Gasteiger partial charge is 0.427 e. The van der Waals surface area contributed by atoms with Gasteiger partial charge in [0.15, 0.2) is 0 Å². The summed E-state index contributed by atoms with van der Waals surface area (Å²) in [4.78, 5) is 11.3. The first-order chi connectivity index (χ1) is 5.59. The molecule has 1 heterocycles. The third-order valence-corrected chi connectivity index (χ3v) is 1.32. The summed E-state index contributed by atoms with van der Waals surface area (Å²) >= 11 is 0. The summed E-state index contributed by atoms with van der Waals surface area (Å²) in [5.74, 6) is 0. The van der Waals surface area contributed by atoms with E-state index in [-0.39, 0.29) is 6.03 Å². The molecule has 0 aliphatic carbocycles. The fourth-order valence-electron chi connectivity index (χ4n) is 0.819. The van der Waals surface area contributed by atoms with E-state index in [4.69, 9.17) is 0 Å². The smallest absolute Gasteiger partial charge is 0.250 e. The summed E-state index contributed by atoms with van der Waals surface area (Å²) in [6.45, 7) is 0. The Bertz CT molecular complexity index is 279. The average Bonchev–Trinajstić information content (AvgIpc) is 2.34. The molecule has 5 nitrogen and oxygen atoms in total. The van der Waals surface area contributed by atoms with E-state index in [1.807, 2.05) is 7.05 Å². The molecule has 66 valence electrons. The van der Waals surface area contributed by atoms with Gasteiger partial charge in [0.1, 0.15) is 12.4 Å². The highest BCUT2D eigenvalue weighted by Crippen LogP contribution is 1.82. The lowest BCUT2D eigenvalue weighted by Gasteiger charge is -2.07. The van der Waals surface area contributed by atoms with Crippen LogP contribution in [0.1, 0.15) is 0 Å². The first-order valence-electron chi connectivity index (χ1n) is 3.61. The van der Waals surface area contributed by atoms with Gasteiger partial charge < -0.3 is 0 Å². The van der Waals surface area contributed by atoms with Gasteiger partial charge in [0, 0.05) is 14.1 Å². The van der Waals surface area contributed by atoms with Gasteiger partial charge in [-0.1, -0.05) is 0 Å². The molecule has 1 amide bonds. The van der Waals surface area contributed by atoms with Crippen LogP contribution in [0.5, 0.6) is 0 Å². The van der Waals surface area contributed by atoms with E-state index >= 15 is 0 Å². The average molecular weight is 169 g/mol. The first kappa shape index (κ1) is 8.73. The Morgan fingerprint density at radius 2 is 2.25 bits per heavy atom. The van der Waals surface area contributed by atoms with Crippen LogP contribution in [-0.2, 0) is 7.05 Å². The molecule has 0 atom stereocenters. The lowest BCUT2D eigenvalue weighted by atomic mass is 10.8. The highest BCUT2D eigenvalue weighted by Gasteiger charge is 2.10. The maximum absolute atomic E-state index is 11.3. The van der Waals surface area contributed by atoms with Crippen molar-refractivity contribution in [1.29, 1.82) is 0 Å². The Morgan fingerprint density at radius 3 is 2.67 bits per heavy atom. The standard InChI is InChI=1S/C7H12N4O/c1-9(2)8-7(12)11-5-4-10(3)6-11/h4-6H,1-3H3/p+1. The minimum atomic E-state index is -0.166. The number of aryl methyl sites for hydroxylation is 1. The molecule has 1 aromatic heterocycles. The Labute approximate surface area is 71.2 Å². The van der Waals surface area contributed by atoms with Crippen molar-refractivity contribution in [1.82, 2.24) is 15.0 Å². The summed E-state index contributed by atoms with van der Waals surface area (Å²) in [5, 5.41) is 1.60. The van der Waals surface area contributed by atoms with Gasteiger partial charge in [-0.15, -0.1) is 0 Å². The van der Waals surface area contributed by atoms with Crippen LogP contribution in [0.3, 0.4) is 0 Å². The van der Waals surface area contributed by atoms with E-state index in [0.29, 0.717) is 0 Å². The van der Waals surface area contributed by atoms with Crippen molar-refractivity contribution < 1.29 is 9.36 Å². The summed E-state index contributed by atoms with van der Waals surface area (Å²) < 4.78 is 3.27. The van der Waals surface area contributed by atoms with Crippen molar-refractivity contribution >= 4 is 6.03 Å². The van der Waals surface area contributed by atoms with Crippen molar-refractivity contribution in [2.45, 2.75) is 0 Å². The van der Waals surface area contributed by atoms with Crippen LogP contribution in [0.2, 0.25) is 0 Å². The predicted molar refractivity (Wildman–Crippen MR) is 43.2 cm³/mol. The van der Waals surface area contributed by atoms with Crippen LogP contribution in [0.15, 0.2) is 18.7 Å². The van der Waals surface area contributed by atoms with E-state index in [0.717, 1.165) is 0 Å². The van der Waals surface area contributed by atoms with Gasteiger partial charge in [0.05, 0.1) is 7.05 Å². The minimum absolute atomic E-state index is 0.166. The van der Waals surface area contributed by atoms with Gasteiger partial charge >= 0.3 is 6.03 Å². The van der Waals surface area contributed by atoms with Crippen LogP contribution >= 0.6 is 0 Å². The number of hydrogen-bond acceptors (Lipinski definition) is 2. The van der Waals surface area contributed by atoms with Gasteiger partial charge in [0.2, 0.25) is 0 Å². The van der Waals surface area contributed by atoms with Crippen molar-refractivity contribution in [2.75, 3.05) is 14.1 Å². The van der Waals surface area contributed by atoms with Gasteiger partial charge in [-0.05, 0) is 0 Å². The second-order valence-corrected chi connectivity index (χ2v) is 2.80. The summed E-state index contributed by atoms with van der Waals surface area (Å²) in [7, 11) is 5.39. The molecule has 0 radical (unpaired) electrons. The number of nitrogens with one attached hydrogen (secondary N) is 1. The van der Waals surface area contributed by atoms with Crippen LogP contribution in [0, 0.1) is 0 Å². The number of carbonyl (C=O) groups is 1. The fraction of sp³-hybridized carbons (Fsp3) is 0.429. The van der Waals surface area contributed by atoms with Crippen molar-refractivity contribution in [3.05, 3.63) is 18.7 Å². The van der Waals surface area contributed by atoms with E-state index in [2.05, 4.69) is 5.43 Å². The number of hydrazine groups is 1. The van der Waals surface area contributed by atoms with Crippen LogP contribution < -0.4 is 9.99 Å². The number of aromatic nitrogens is 2. The lowest BCUT2D eigenvalue weighted by molar-refractivity contribution is -0.670. The van der Waals surface area contributed by atoms with Crippen molar-refractivity contribution in [2.24, 2.45) is 7.05 Å². The van der Waals surface area contributed by atoms with Gasteiger partial charge in [-0.25, -0.2) is 14.4 Å². The number of rotatable bonds is 1. The van der Waals surface area contributed by atoms with E-state index < -0.39 is 0 Å². The number of nitrogens with zero attached hydrogens (tertiary/aromatic N) is 3. The zero-order valence-corrected chi connectivity index (χ0v) is 7.48. The zero-order chi connectivity index (χ0) is 9.14. The number of amides is 1. The van der Waals surface area contributed by atoms with Crippen LogP contribution in [-0.4, -0.2) is 29.7 Å². The van der Waals surface area contributed by atoms with Crippen LogP contribution in [0.4, 0.5) is 4.79 Å². The molecule has 5 heteroatoms. The lowest BCUT2D eigenvalue weighted by Crippen LogP contribution is -2.39. The molecule has 0 unspecified atom stereocenters. The normalized spacial score (nSPS) is 10.3. The van der Waals surface area contributed by atoms with Gasteiger partial charge in [-0.3, -0.25) is 5.43 Å². The third kappa shape index (κ3) is 2.06. The molecule has 0 saturated carbocycles. The highest BCUT2D eigenvalue weighted by molar-refractivity contribution is 5.75. The number of carbonyl (C=O) groups excluding carboxylic acids is 1. The Morgan fingerprint density at radius 1 is 1.58 bits per heavy atom. The Kier molecular flexibility index (Phi) is 2.44. The molecule has 0 saturated heterocycles. The molecule has 0 bridgehead atoms. The molecule has 0 aliphatic heterocycles. The zero-order valence-electron chi connectivity index (χ0n) is 7.48. The van der Waals surface area contributed by atoms with Crippen molar-refractivity contribution in [3.8, 4) is 0 Å². The minimum Gasteiger partial charge on any atom is -0.250 e. The van der Waals surface area contributed by atoms with Crippen LogP contribution in [0.25, 0.3) is 0 Å². The van der Waals surface area contributed by atoms with Gasteiger partial charge in [-0.2, -0.15) is 4.57 Å². The molecule has 12 heavy (non-hydrogen) atoms. The molecule has 0 fully saturated rings. The SMILES string of the molecule is CN(C)NC(=O)n1cc[n+](C)c1. The monoisotopic (exact) mass is 169 g/mol. The Hall–Kier alpha value is -1.36. The summed E-state index contributed by atoms with van der Waals surface area (Å²) in [5.41, 5.74) is 2.62. The number of hydrogen-bond donors (Lipinski definition) is 1. The second kappa shape index (κ2) is 3.36. The summed E-state index contributed by atoms with van der Waals surface area (Å²) in [6, 6.07) is -0.166. The highest BCUT2D eigenvalue weighted by atomic mass is 16.2. The number of imidazole rings is 1. The predicted octanol–water partition coefficient (Wildman–Crippen LogP) is -0.653. The van der Waals surface area contributed by atoms with E-state index in [9.17, 15) is 4.79 Å². The fourth-order valence-corrected chi connectivity index (χ4v) is 0.819. The Balaban J connectivity index is 2.65. The van der Waals surface area contributed by atoms with Gasteiger partial charge in [0.25, 0.3) is 6.33 Å². The van der Waals surface area contributed by atoms with E-state index in [1.165, 1.54) is 4.57 Å².